The predicted molar refractivity (Wildman–Crippen MR) is 58.5 cm³/mol. The Labute approximate surface area is 95.6 Å². The van der Waals surface area contributed by atoms with E-state index in [1.165, 1.54) is 0 Å². The topological polar surface area (TPSA) is 75.4 Å². The minimum absolute atomic E-state index is 0.0791. The van der Waals surface area contributed by atoms with Crippen molar-refractivity contribution in [3.05, 3.63) is 30.3 Å². The van der Waals surface area contributed by atoms with Crippen LogP contribution in [0.5, 0.6) is 0 Å². The first-order valence-electron chi connectivity index (χ1n) is 4.20. The molecule has 1 aromatic carbocycles. The number of nitrogens with two attached hydrogens (primary N) is 1. The summed E-state index contributed by atoms with van der Waals surface area (Å²) in [6.07, 6.45) is 0. The molecule has 0 radical (unpaired) electrons. The molecule has 1 rings (SSSR count). The van der Waals surface area contributed by atoms with Gasteiger partial charge in [-0.1, -0.05) is 0 Å². The van der Waals surface area contributed by atoms with Gasteiger partial charge in [0.1, 0.15) is 0 Å². The number of urea groups is 1. The Balaban J connectivity index is 2.47. The summed E-state index contributed by atoms with van der Waals surface area (Å²) in [6, 6.07) is 8.33. The molecule has 0 fully saturated rings. The van der Waals surface area contributed by atoms with Crippen LogP contribution >= 0.6 is 0 Å². The SMILES string of the molecule is NC(=O)N([SeH])CC(=O)Nc1ccccc1. The van der Waals surface area contributed by atoms with E-state index in [1.807, 2.05) is 34.4 Å². The number of para-hydroxylation sites is 1. The number of carbonyl (C=O) groups excluding carboxylic acids is 2. The average molecular weight is 272 g/mol. The number of nitrogens with zero attached hydrogens (tertiary/aromatic N) is 1. The summed E-state index contributed by atoms with van der Waals surface area (Å²) >= 11 is 1.93. The Morgan fingerprint density at radius 1 is 1.33 bits per heavy atom. The first kappa shape index (κ1) is 11.6. The zero-order valence-corrected chi connectivity index (χ0v) is 9.76. The van der Waals surface area contributed by atoms with Gasteiger partial charge in [0.2, 0.25) is 0 Å². The van der Waals surface area contributed by atoms with Crippen LogP contribution in [-0.4, -0.2) is 38.6 Å². The van der Waals surface area contributed by atoms with E-state index in [-0.39, 0.29) is 12.5 Å². The van der Waals surface area contributed by atoms with Gasteiger partial charge in [0.25, 0.3) is 0 Å². The number of carbonyl (C=O) groups is 2. The monoisotopic (exact) mass is 273 g/mol. The van der Waals surface area contributed by atoms with E-state index in [4.69, 9.17) is 5.73 Å². The van der Waals surface area contributed by atoms with Crippen molar-refractivity contribution in [3.8, 4) is 0 Å². The summed E-state index contributed by atoms with van der Waals surface area (Å²) in [5, 5.41) is 2.63. The molecular weight excluding hydrogens is 261 g/mol. The number of nitrogens with one attached hydrogen (secondary N) is 1. The maximum atomic E-state index is 11.4. The number of hydrogen-bond acceptors (Lipinski definition) is 2. The van der Waals surface area contributed by atoms with Crippen molar-refractivity contribution in [3.63, 3.8) is 0 Å². The fourth-order valence-corrected chi connectivity index (χ4v) is 1.21. The van der Waals surface area contributed by atoms with Gasteiger partial charge in [-0.25, -0.2) is 0 Å². The number of anilines is 1. The summed E-state index contributed by atoms with van der Waals surface area (Å²) in [7, 11) is 0. The van der Waals surface area contributed by atoms with Crippen LogP contribution in [0.15, 0.2) is 30.3 Å². The van der Waals surface area contributed by atoms with Crippen molar-refractivity contribution in [2.75, 3.05) is 11.9 Å². The van der Waals surface area contributed by atoms with Crippen LogP contribution in [0.1, 0.15) is 0 Å². The Morgan fingerprint density at radius 3 is 2.47 bits per heavy atom. The van der Waals surface area contributed by atoms with E-state index in [0.717, 1.165) is 3.92 Å². The molecular formula is C9H11N3O2Se. The number of primary amides is 1. The van der Waals surface area contributed by atoms with Crippen molar-refractivity contribution in [1.29, 1.82) is 0 Å². The zero-order valence-electron chi connectivity index (χ0n) is 7.88. The first-order chi connectivity index (χ1) is 7.09. The zero-order chi connectivity index (χ0) is 11.3. The van der Waals surface area contributed by atoms with Crippen molar-refractivity contribution < 1.29 is 9.59 Å². The van der Waals surface area contributed by atoms with Crippen LogP contribution in [0.3, 0.4) is 0 Å². The molecule has 80 valence electrons. The van der Waals surface area contributed by atoms with E-state index in [2.05, 4.69) is 5.32 Å². The second-order valence-corrected chi connectivity index (χ2v) is 3.82. The Hall–Kier alpha value is -1.52. The summed E-state index contributed by atoms with van der Waals surface area (Å²) < 4.78 is 1.07. The molecule has 0 saturated heterocycles. The molecule has 1 aromatic rings. The molecule has 0 unspecified atom stereocenters. The molecule has 6 heteroatoms. The third kappa shape index (κ3) is 4.01. The molecule has 0 bridgehead atoms. The van der Waals surface area contributed by atoms with Gasteiger partial charge in [-0.05, 0) is 0 Å². The molecule has 3 amide bonds. The molecule has 5 nitrogen and oxygen atoms in total. The van der Waals surface area contributed by atoms with Gasteiger partial charge in [0.05, 0.1) is 0 Å². The standard InChI is InChI=1S/C9H11N3O2Se/c10-9(14)12(15)6-8(13)11-7-4-2-1-3-5-7/h1-5,15H,6H2,(H2,10,14)(H,11,13). The van der Waals surface area contributed by atoms with Crippen molar-refractivity contribution in [2.24, 2.45) is 5.73 Å². The van der Waals surface area contributed by atoms with Gasteiger partial charge in [0, 0.05) is 0 Å². The quantitative estimate of drug-likeness (QED) is 0.749. The third-order valence-corrected chi connectivity index (χ3v) is 2.32. The van der Waals surface area contributed by atoms with Crippen molar-refractivity contribution in [2.45, 2.75) is 0 Å². The molecule has 0 spiro atoms. The van der Waals surface area contributed by atoms with Gasteiger partial charge < -0.3 is 0 Å². The maximum absolute atomic E-state index is 11.4. The molecule has 15 heavy (non-hydrogen) atoms. The molecule has 0 aliphatic heterocycles. The van der Waals surface area contributed by atoms with Gasteiger partial charge in [-0.3, -0.25) is 0 Å². The number of amides is 3. The minimum atomic E-state index is -0.654. The number of rotatable bonds is 3. The van der Waals surface area contributed by atoms with Crippen LogP contribution in [0.25, 0.3) is 0 Å². The number of hydrogen-bond donors (Lipinski definition) is 2. The van der Waals surface area contributed by atoms with E-state index < -0.39 is 6.03 Å². The fraction of sp³-hybridized carbons (Fsp3) is 0.111. The van der Waals surface area contributed by atoms with E-state index in [9.17, 15) is 9.59 Å². The summed E-state index contributed by atoms with van der Waals surface area (Å²) in [5.41, 5.74) is 5.66. The van der Waals surface area contributed by atoms with Crippen molar-refractivity contribution in [1.82, 2.24) is 3.92 Å². The Kier molecular flexibility index (Phi) is 4.15. The van der Waals surface area contributed by atoms with Gasteiger partial charge >= 0.3 is 95.3 Å². The second kappa shape index (κ2) is 5.38. The van der Waals surface area contributed by atoms with E-state index in [0.29, 0.717) is 5.69 Å². The summed E-state index contributed by atoms with van der Waals surface area (Å²) in [4.78, 5) is 22.0. The number of benzene rings is 1. The molecule has 0 atom stereocenters. The predicted octanol–water partition coefficient (Wildman–Crippen LogP) is -0.178. The van der Waals surface area contributed by atoms with Gasteiger partial charge in [-0.15, -0.1) is 0 Å². The summed E-state index contributed by atoms with van der Waals surface area (Å²) in [6.45, 7) is -0.0791. The van der Waals surface area contributed by atoms with E-state index in [1.54, 1.807) is 12.1 Å². The second-order valence-electron chi connectivity index (χ2n) is 2.81. The van der Waals surface area contributed by atoms with Gasteiger partial charge in [0.15, 0.2) is 0 Å². The third-order valence-electron chi connectivity index (χ3n) is 1.61. The van der Waals surface area contributed by atoms with Crippen LogP contribution in [0.2, 0.25) is 0 Å². The molecule has 0 aromatic heterocycles. The van der Waals surface area contributed by atoms with Crippen LogP contribution in [-0.2, 0) is 4.79 Å². The van der Waals surface area contributed by atoms with Crippen LogP contribution < -0.4 is 11.1 Å². The van der Waals surface area contributed by atoms with Gasteiger partial charge in [-0.2, -0.15) is 0 Å². The van der Waals surface area contributed by atoms with E-state index >= 15 is 0 Å². The Bertz CT molecular complexity index is 356. The first-order valence-corrected chi connectivity index (χ1v) is 5.04. The molecule has 0 aliphatic rings. The molecule has 0 aliphatic carbocycles. The molecule has 0 heterocycles. The van der Waals surface area contributed by atoms with Crippen molar-refractivity contribution >= 4 is 33.9 Å². The normalized spacial score (nSPS) is 9.40. The van der Waals surface area contributed by atoms with Crippen LogP contribution in [0, 0.1) is 0 Å². The fourth-order valence-electron chi connectivity index (χ4n) is 0.936. The van der Waals surface area contributed by atoms with Crippen LogP contribution in [0.4, 0.5) is 10.5 Å². The molecule has 0 saturated carbocycles. The Morgan fingerprint density at radius 2 is 1.93 bits per heavy atom. The molecule has 3 N–H and O–H groups in total. The average Bonchev–Trinajstić information content (AvgIpc) is 2.18. The summed E-state index contributed by atoms with van der Waals surface area (Å²) in [5.74, 6) is -0.291.